The molecule has 110 valence electrons. The van der Waals surface area contributed by atoms with Gasteiger partial charge < -0.3 is 14.6 Å². The van der Waals surface area contributed by atoms with Gasteiger partial charge in [-0.2, -0.15) is 0 Å². The van der Waals surface area contributed by atoms with Crippen molar-refractivity contribution in [2.75, 3.05) is 7.11 Å². The van der Waals surface area contributed by atoms with E-state index in [-0.39, 0.29) is 6.10 Å². The van der Waals surface area contributed by atoms with Crippen molar-refractivity contribution < 1.29 is 19.4 Å². The van der Waals surface area contributed by atoms with Gasteiger partial charge in [0.2, 0.25) is 0 Å². The molecule has 0 aromatic heterocycles. The summed E-state index contributed by atoms with van der Waals surface area (Å²) in [4.78, 5) is 10.9. The molecule has 1 aliphatic rings. The number of hydrogen-bond donors (Lipinski definition) is 1. The molecule has 1 N–H and O–H groups in total. The second-order valence-corrected chi connectivity index (χ2v) is 5.87. The topological polar surface area (TPSA) is 55.8 Å². The molecule has 1 aliphatic carbocycles. The Labute approximate surface area is 127 Å². The maximum absolute atomic E-state index is 10.9. The number of benzene rings is 1. The van der Waals surface area contributed by atoms with Crippen LogP contribution in [-0.2, 0) is 0 Å². The molecule has 20 heavy (non-hydrogen) atoms. The Balaban J connectivity index is 2.25. The fraction of sp³-hybridized carbons (Fsp3) is 0.533. The molecule has 1 fully saturated rings. The molecule has 1 saturated carbocycles. The molecule has 2 atom stereocenters. The molecule has 4 nitrogen and oxygen atoms in total. The number of carbonyl (C=O) groups is 1. The number of methoxy groups -OCH3 is 1. The summed E-state index contributed by atoms with van der Waals surface area (Å²) >= 11 is 3.40. The molecule has 0 radical (unpaired) electrons. The van der Waals surface area contributed by atoms with Crippen LogP contribution in [-0.4, -0.2) is 30.7 Å². The Morgan fingerprint density at radius 1 is 1.30 bits per heavy atom. The van der Waals surface area contributed by atoms with Crippen molar-refractivity contribution in [3.8, 4) is 11.5 Å². The fourth-order valence-electron chi connectivity index (χ4n) is 2.47. The Bertz CT molecular complexity index is 475. The Kier molecular flexibility index (Phi) is 5.43. The van der Waals surface area contributed by atoms with Gasteiger partial charge in [-0.1, -0.05) is 12.8 Å². The molecule has 1 aromatic carbocycles. The number of rotatable bonds is 4. The summed E-state index contributed by atoms with van der Waals surface area (Å²) in [5, 5.41) is 10.1. The third kappa shape index (κ3) is 3.52. The number of aliphatic hydroxyl groups is 1. The first-order valence-corrected chi connectivity index (χ1v) is 7.62. The third-order valence-electron chi connectivity index (χ3n) is 3.57. The molecular weight excluding hydrogens is 324 g/mol. The van der Waals surface area contributed by atoms with Crippen molar-refractivity contribution >= 4 is 22.2 Å². The monoisotopic (exact) mass is 342 g/mol. The average Bonchev–Trinajstić information content (AvgIpc) is 2.65. The molecule has 2 unspecified atom stereocenters. The van der Waals surface area contributed by atoms with Crippen LogP contribution in [0.5, 0.6) is 11.5 Å². The lowest BCUT2D eigenvalue weighted by Crippen LogP contribution is -2.30. The highest BCUT2D eigenvalue weighted by molar-refractivity contribution is 9.10. The van der Waals surface area contributed by atoms with Crippen molar-refractivity contribution in [2.24, 2.45) is 0 Å². The lowest BCUT2D eigenvalue weighted by Gasteiger charge is -2.24. The van der Waals surface area contributed by atoms with E-state index >= 15 is 0 Å². The smallest absolute Gasteiger partial charge is 0.175 e. The normalized spacial score (nSPS) is 22.9. The van der Waals surface area contributed by atoms with E-state index in [1.54, 1.807) is 12.1 Å². The molecule has 0 bridgehead atoms. The zero-order chi connectivity index (χ0) is 14.5. The van der Waals surface area contributed by atoms with Crippen LogP contribution in [0.1, 0.15) is 42.5 Å². The van der Waals surface area contributed by atoms with Gasteiger partial charge in [-0.3, -0.25) is 4.79 Å². The third-order valence-corrected chi connectivity index (χ3v) is 4.16. The lowest BCUT2D eigenvalue weighted by molar-refractivity contribution is 0.0300. The minimum Gasteiger partial charge on any atom is -0.493 e. The van der Waals surface area contributed by atoms with Crippen molar-refractivity contribution in [2.45, 2.75) is 44.3 Å². The zero-order valence-corrected chi connectivity index (χ0v) is 13.1. The van der Waals surface area contributed by atoms with Gasteiger partial charge in [0.15, 0.2) is 11.5 Å². The van der Waals surface area contributed by atoms with E-state index in [1.807, 2.05) is 0 Å². The van der Waals surface area contributed by atoms with Crippen molar-refractivity contribution in [3.63, 3.8) is 0 Å². The first kappa shape index (κ1) is 15.3. The minimum absolute atomic E-state index is 0.232. The molecule has 0 aliphatic heterocycles. The van der Waals surface area contributed by atoms with Crippen LogP contribution in [0.25, 0.3) is 0 Å². The summed E-state index contributed by atoms with van der Waals surface area (Å²) in [6.07, 6.45) is 4.86. The molecule has 0 saturated heterocycles. The number of carbonyl (C=O) groups excluding carboxylic acids is 1. The molecule has 0 spiro atoms. The van der Waals surface area contributed by atoms with Crippen LogP contribution < -0.4 is 9.47 Å². The summed E-state index contributed by atoms with van der Waals surface area (Å²) in [6, 6.07) is 3.32. The van der Waals surface area contributed by atoms with Crippen molar-refractivity contribution in [1.29, 1.82) is 0 Å². The molecule has 1 aromatic rings. The van der Waals surface area contributed by atoms with Gasteiger partial charge in [-0.05, 0) is 47.3 Å². The van der Waals surface area contributed by atoms with E-state index in [2.05, 4.69) is 15.9 Å². The van der Waals surface area contributed by atoms with Gasteiger partial charge in [0.25, 0.3) is 0 Å². The van der Waals surface area contributed by atoms with E-state index in [9.17, 15) is 9.90 Å². The molecule has 0 amide bonds. The Hall–Kier alpha value is -1.07. The zero-order valence-electron chi connectivity index (χ0n) is 11.5. The van der Waals surface area contributed by atoms with Gasteiger partial charge >= 0.3 is 0 Å². The van der Waals surface area contributed by atoms with Gasteiger partial charge in [0.05, 0.1) is 17.7 Å². The highest BCUT2D eigenvalue weighted by Gasteiger charge is 2.25. The van der Waals surface area contributed by atoms with Crippen LogP contribution in [0.4, 0.5) is 0 Å². The predicted molar refractivity (Wildman–Crippen MR) is 79.6 cm³/mol. The van der Waals surface area contributed by atoms with Gasteiger partial charge in [0.1, 0.15) is 12.4 Å². The van der Waals surface area contributed by atoms with E-state index in [4.69, 9.17) is 9.47 Å². The summed E-state index contributed by atoms with van der Waals surface area (Å²) < 4.78 is 11.9. The summed E-state index contributed by atoms with van der Waals surface area (Å²) in [5.74, 6) is 1.04. The number of aldehydes is 1. The lowest BCUT2D eigenvalue weighted by atomic mass is 10.1. The van der Waals surface area contributed by atoms with Crippen LogP contribution in [0.2, 0.25) is 0 Å². The van der Waals surface area contributed by atoms with E-state index in [0.29, 0.717) is 21.5 Å². The van der Waals surface area contributed by atoms with E-state index in [0.717, 1.165) is 38.4 Å². The quantitative estimate of drug-likeness (QED) is 0.673. The summed E-state index contributed by atoms with van der Waals surface area (Å²) in [6.45, 7) is 0. The Morgan fingerprint density at radius 2 is 2.05 bits per heavy atom. The van der Waals surface area contributed by atoms with Crippen LogP contribution in [0.15, 0.2) is 16.6 Å². The van der Waals surface area contributed by atoms with Crippen molar-refractivity contribution in [1.82, 2.24) is 0 Å². The number of halogens is 1. The second kappa shape index (κ2) is 7.09. The number of ether oxygens (including phenoxy) is 2. The molecule has 2 rings (SSSR count). The van der Waals surface area contributed by atoms with Crippen LogP contribution >= 0.6 is 15.9 Å². The highest BCUT2D eigenvalue weighted by Crippen LogP contribution is 2.38. The molecular formula is C15H19BrO4. The fourth-order valence-corrected chi connectivity index (χ4v) is 3.02. The first-order chi connectivity index (χ1) is 9.65. The number of aliphatic hydroxyl groups excluding tert-OH is 1. The Morgan fingerprint density at radius 3 is 2.75 bits per heavy atom. The summed E-state index contributed by atoms with van der Waals surface area (Å²) in [5.41, 5.74) is 0.516. The SMILES string of the molecule is COc1cc(C=O)cc(Br)c1OC1CCCCCC1O. The minimum atomic E-state index is -0.458. The van der Waals surface area contributed by atoms with Gasteiger partial charge in [-0.25, -0.2) is 0 Å². The molecule has 5 heteroatoms. The van der Waals surface area contributed by atoms with Crippen LogP contribution in [0.3, 0.4) is 0 Å². The van der Waals surface area contributed by atoms with E-state index < -0.39 is 6.10 Å². The second-order valence-electron chi connectivity index (χ2n) is 5.01. The maximum Gasteiger partial charge on any atom is 0.175 e. The van der Waals surface area contributed by atoms with Crippen molar-refractivity contribution in [3.05, 3.63) is 22.2 Å². The summed E-state index contributed by atoms with van der Waals surface area (Å²) in [7, 11) is 1.53. The largest absolute Gasteiger partial charge is 0.493 e. The van der Waals surface area contributed by atoms with Gasteiger partial charge in [-0.15, -0.1) is 0 Å². The standard InChI is InChI=1S/C15H19BrO4/c1-19-14-8-10(9-17)7-11(16)15(14)20-13-6-4-2-3-5-12(13)18/h7-9,12-13,18H,2-6H2,1H3. The number of hydrogen-bond acceptors (Lipinski definition) is 4. The average molecular weight is 343 g/mol. The molecule has 0 heterocycles. The van der Waals surface area contributed by atoms with E-state index in [1.165, 1.54) is 7.11 Å². The predicted octanol–water partition coefficient (Wildman–Crippen LogP) is 3.34. The highest BCUT2D eigenvalue weighted by atomic mass is 79.9. The first-order valence-electron chi connectivity index (χ1n) is 6.83. The maximum atomic E-state index is 10.9. The van der Waals surface area contributed by atoms with Crippen LogP contribution in [0, 0.1) is 0 Å². The van der Waals surface area contributed by atoms with Gasteiger partial charge in [0, 0.05) is 5.56 Å².